The topological polar surface area (TPSA) is 92.5 Å². The fourth-order valence-electron chi connectivity index (χ4n) is 1.89. The van der Waals surface area contributed by atoms with Gasteiger partial charge in [-0.15, -0.1) is 0 Å². The number of hydrogen-bond acceptors (Lipinski definition) is 4. The average molecular weight is 290 g/mol. The summed E-state index contributed by atoms with van der Waals surface area (Å²) >= 11 is 0. The van der Waals surface area contributed by atoms with Crippen molar-refractivity contribution in [2.75, 3.05) is 5.32 Å². The maximum absolute atomic E-state index is 13.2. The van der Waals surface area contributed by atoms with Crippen LogP contribution in [0.15, 0.2) is 36.4 Å². The molecule has 2 aromatic carbocycles. The van der Waals surface area contributed by atoms with Gasteiger partial charge in [-0.2, -0.15) is 0 Å². The molecule has 0 heterocycles. The maximum atomic E-state index is 13.2. The van der Waals surface area contributed by atoms with E-state index in [-0.39, 0.29) is 5.69 Å². The fourth-order valence-corrected chi connectivity index (χ4v) is 1.89. The van der Waals surface area contributed by atoms with Gasteiger partial charge in [0.25, 0.3) is 0 Å². The van der Waals surface area contributed by atoms with Crippen LogP contribution in [0.1, 0.15) is 15.9 Å². The molecule has 0 radical (unpaired) electrons. The van der Waals surface area contributed by atoms with E-state index in [9.17, 15) is 19.3 Å². The molecule has 0 fully saturated rings. The Morgan fingerprint density at radius 1 is 1.33 bits per heavy atom. The predicted molar refractivity (Wildman–Crippen MR) is 74.5 cm³/mol. The van der Waals surface area contributed by atoms with E-state index in [0.717, 1.165) is 6.07 Å². The van der Waals surface area contributed by atoms with E-state index >= 15 is 0 Å². The molecule has 0 saturated carbocycles. The number of nitro groups is 1. The van der Waals surface area contributed by atoms with Crippen LogP contribution in [-0.4, -0.2) is 16.0 Å². The Bertz CT molecular complexity index is 731. The van der Waals surface area contributed by atoms with E-state index in [1.807, 2.05) is 0 Å². The second-order valence-electron chi connectivity index (χ2n) is 4.35. The zero-order chi connectivity index (χ0) is 15.6. The van der Waals surface area contributed by atoms with Gasteiger partial charge in [-0.25, -0.2) is 9.18 Å². The summed E-state index contributed by atoms with van der Waals surface area (Å²) in [6.45, 7) is 1.56. The molecule has 6 nitrogen and oxygen atoms in total. The molecule has 21 heavy (non-hydrogen) atoms. The average Bonchev–Trinajstić information content (AvgIpc) is 2.42. The van der Waals surface area contributed by atoms with E-state index in [1.54, 1.807) is 6.92 Å². The molecule has 0 aromatic heterocycles. The second kappa shape index (κ2) is 5.58. The van der Waals surface area contributed by atoms with E-state index in [2.05, 4.69) is 5.32 Å². The largest absolute Gasteiger partial charge is 0.477 e. The molecule has 0 spiro atoms. The molecule has 2 rings (SSSR count). The Kier molecular flexibility index (Phi) is 3.84. The van der Waals surface area contributed by atoms with E-state index in [0.29, 0.717) is 11.3 Å². The zero-order valence-corrected chi connectivity index (χ0v) is 11.0. The number of nitrogens with zero attached hydrogens (tertiary/aromatic N) is 1. The number of halogens is 1. The van der Waals surface area contributed by atoms with Crippen LogP contribution in [0, 0.1) is 22.9 Å². The molecule has 0 aliphatic heterocycles. The van der Waals surface area contributed by atoms with E-state index in [1.165, 1.54) is 30.3 Å². The number of aromatic carboxylic acids is 1. The highest BCUT2D eigenvalue weighted by Crippen LogP contribution is 2.31. The molecule has 108 valence electrons. The van der Waals surface area contributed by atoms with Crippen LogP contribution in [0.4, 0.5) is 21.5 Å². The quantitative estimate of drug-likeness (QED) is 0.664. The third-order valence-electron chi connectivity index (χ3n) is 2.89. The van der Waals surface area contributed by atoms with Gasteiger partial charge < -0.3 is 10.4 Å². The van der Waals surface area contributed by atoms with Crippen molar-refractivity contribution in [3.8, 4) is 0 Å². The van der Waals surface area contributed by atoms with Crippen molar-refractivity contribution < 1.29 is 19.2 Å². The number of anilines is 2. The van der Waals surface area contributed by atoms with Crippen LogP contribution in [0.25, 0.3) is 0 Å². The molecule has 0 saturated heterocycles. The summed E-state index contributed by atoms with van der Waals surface area (Å²) in [5, 5.41) is 22.8. The van der Waals surface area contributed by atoms with Crippen LogP contribution in [0.5, 0.6) is 0 Å². The number of hydrogen-bond donors (Lipinski definition) is 2. The number of benzene rings is 2. The molecule has 0 aliphatic rings. The fraction of sp³-hybridized carbons (Fsp3) is 0.0714. The van der Waals surface area contributed by atoms with Crippen molar-refractivity contribution in [2.24, 2.45) is 0 Å². The zero-order valence-electron chi connectivity index (χ0n) is 11.0. The highest BCUT2D eigenvalue weighted by Gasteiger charge is 2.24. The Morgan fingerprint density at radius 2 is 2.05 bits per heavy atom. The summed E-state index contributed by atoms with van der Waals surface area (Å²) in [7, 11) is 0. The minimum Gasteiger partial charge on any atom is -0.477 e. The van der Waals surface area contributed by atoms with Crippen molar-refractivity contribution >= 4 is 23.0 Å². The Morgan fingerprint density at radius 3 is 2.62 bits per heavy atom. The highest BCUT2D eigenvalue weighted by atomic mass is 19.1. The number of nitro benzene ring substituents is 1. The molecule has 2 N–H and O–H groups in total. The summed E-state index contributed by atoms with van der Waals surface area (Å²) in [5.41, 5.74) is -0.113. The molecule has 0 atom stereocenters. The van der Waals surface area contributed by atoms with Gasteiger partial charge in [0.05, 0.1) is 4.92 Å². The summed E-state index contributed by atoms with van der Waals surface area (Å²) < 4.78 is 13.2. The molecule has 0 amide bonds. The summed E-state index contributed by atoms with van der Waals surface area (Å²) in [6, 6.07) is 8.07. The molecule has 0 bridgehead atoms. The second-order valence-corrected chi connectivity index (χ2v) is 4.35. The van der Waals surface area contributed by atoms with Crippen molar-refractivity contribution in [1.82, 2.24) is 0 Å². The van der Waals surface area contributed by atoms with Gasteiger partial charge in [-0.3, -0.25) is 10.1 Å². The van der Waals surface area contributed by atoms with Gasteiger partial charge in [0.2, 0.25) is 0 Å². The Labute approximate surface area is 119 Å². The molecule has 7 heteroatoms. The van der Waals surface area contributed by atoms with Crippen LogP contribution in [0.2, 0.25) is 0 Å². The molecular formula is C14H11FN2O4. The van der Waals surface area contributed by atoms with Crippen molar-refractivity contribution in [1.29, 1.82) is 0 Å². The number of para-hydroxylation sites is 1. The summed E-state index contributed by atoms with van der Waals surface area (Å²) in [4.78, 5) is 21.4. The van der Waals surface area contributed by atoms with Gasteiger partial charge >= 0.3 is 11.7 Å². The molecular weight excluding hydrogens is 279 g/mol. The first kappa shape index (κ1) is 14.4. The minimum absolute atomic E-state index is 0.0332. The number of nitrogens with one attached hydrogen (secondary N) is 1. The first-order valence-electron chi connectivity index (χ1n) is 5.94. The first-order valence-corrected chi connectivity index (χ1v) is 5.94. The van der Waals surface area contributed by atoms with Crippen molar-refractivity contribution in [3.05, 3.63) is 63.5 Å². The molecule has 0 unspecified atom stereocenters. The first-order chi connectivity index (χ1) is 9.90. The van der Waals surface area contributed by atoms with Gasteiger partial charge in [0.15, 0.2) is 0 Å². The lowest BCUT2D eigenvalue weighted by molar-refractivity contribution is -0.384. The molecule has 0 aliphatic carbocycles. The SMILES string of the molecule is Cc1cc(Nc2cccc(C(=O)O)c2[N+](=O)[O-])ccc1F. The van der Waals surface area contributed by atoms with Crippen LogP contribution in [0.3, 0.4) is 0 Å². The third kappa shape index (κ3) is 2.97. The lowest BCUT2D eigenvalue weighted by Gasteiger charge is -2.09. The van der Waals surface area contributed by atoms with Crippen LogP contribution in [-0.2, 0) is 0 Å². The van der Waals surface area contributed by atoms with E-state index < -0.39 is 28.0 Å². The number of carboxylic acids is 1. The monoisotopic (exact) mass is 290 g/mol. The minimum atomic E-state index is -1.39. The Balaban J connectivity index is 2.48. The van der Waals surface area contributed by atoms with Gasteiger partial charge in [-0.05, 0) is 42.8 Å². The van der Waals surface area contributed by atoms with E-state index in [4.69, 9.17) is 5.11 Å². The van der Waals surface area contributed by atoms with Gasteiger partial charge in [-0.1, -0.05) is 6.07 Å². The smallest absolute Gasteiger partial charge is 0.342 e. The summed E-state index contributed by atoms with van der Waals surface area (Å²) in [6.07, 6.45) is 0. The standard InChI is InChI=1S/C14H11FN2O4/c1-8-7-9(5-6-11(8)15)16-12-4-2-3-10(14(18)19)13(12)17(20)21/h2-7,16H,1H3,(H,18,19). The van der Waals surface area contributed by atoms with Gasteiger partial charge in [0.1, 0.15) is 17.1 Å². The molecule has 2 aromatic rings. The summed E-state index contributed by atoms with van der Waals surface area (Å²) in [5.74, 6) is -1.78. The number of carboxylic acid groups (broad SMARTS) is 1. The number of carbonyl (C=O) groups is 1. The van der Waals surface area contributed by atoms with Crippen molar-refractivity contribution in [2.45, 2.75) is 6.92 Å². The lowest BCUT2D eigenvalue weighted by Crippen LogP contribution is -2.05. The van der Waals surface area contributed by atoms with Crippen LogP contribution < -0.4 is 5.32 Å². The predicted octanol–water partition coefficient (Wildman–Crippen LogP) is 3.48. The van der Waals surface area contributed by atoms with Crippen LogP contribution >= 0.6 is 0 Å². The number of rotatable bonds is 4. The van der Waals surface area contributed by atoms with Crippen molar-refractivity contribution in [3.63, 3.8) is 0 Å². The lowest BCUT2D eigenvalue weighted by atomic mass is 10.1. The maximum Gasteiger partial charge on any atom is 0.342 e. The number of aryl methyl sites for hydroxylation is 1. The highest BCUT2D eigenvalue weighted by molar-refractivity contribution is 5.96. The normalized spacial score (nSPS) is 10.2. The third-order valence-corrected chi connectivity index (χ3v) is 2.89. The Hall–Kier alpha value is -2.96. The van der Waals surface area contributed by atoms with Gasteiger partial charge in [0, 0.05) is 5.69 Å².